The van der Waals surface area contributed by atoms with Crippen molar-refractivity contribution in [1.82, 2.24) is 4.90 Å². The Kier molecular flexibility index (Phi) is 9.94. The molecule has 1 aliphatic rings. The lowest BCUT2D eigenvalue weighted by molar-refractivity contribution is 0.0376. The van der Waals surface area contributed by atoms with Crippen LogP contribution in [-0.4, -0.2) is 64.9 Å². The number of ether oxygens (including phenoxy) is 1. The quantitative estimate of drug-likeness (QED) is 0.578. The number of hydrogen-bond acceptors (Lipinski definition) is 5. The van der Waals surface area contributed by atoms with Crippen LogP contribution in [0.2, 0.25) is 0 Å². The molecule has 1 heterocycles. The van der Waals surface area contributed by atoms with Crippen LogP contribution < -0.4 is 9.62 Å². The van der Waals surface area contributed by atoms with Crippen LogP contribution in [0.4, 0.5) is 11.4 Å². The molecule has 1 N–H and O–H groups in total. The van der Waals surface area contributed by atoms with Crippen LogP contribution in [0.5, 0.6) is 0 Å². The molecule has 0 radical (unpaired) electrons. The Morgan fingerprint density at radius 3 is 2.15 bits per heavy atom. The summed E-state index contributed by atoms with van der Waals surface area (Å²) in [5, 5.41) is 0. The lowest BCUT2D eigenvalue weighted by atomic mass is 9.87. The molecule has 0 bridgehead atoms. The van der Waals surface area contributed by atoms with Crippen molar-refractivity contribution >= 4 is 39.7 Å². The van der Waals surface area contributed by atoms with Gasteiger partial charge in [-0.25, -0.2) is 8.42 Å². The first kappa shape index (κ1) is 28.1. The van der Waals surface area contributed by atoms with Crippen LogP contribution in [0.3, 0.4) is 0 Å². The second-order valence-corrected chi connectivity index (χ2v) is 11.3. The van der Waals surface area contributed by atoms with Gasteiger partial charge < -0.3 is 9.64 Å². The molecule has 2 aromatic rings. The molecular weight excluding hydrogens is 474 g/mol. The average molecular weight is 510 g/mol. The first-order valence-corrected chi connectivity index (χ1v) is 13.2. The number of sulfonamides is 1. The molecule has 7 nitrogen and oxygen atoms in total. The van der Waals surface area contributed by atoms with Gasteiger partial charge in [-0.05, 0) is 53.8 Å². The number of halogens is 1. The number of rotatable bonds is 8. The summed E-state index contributed by atoms with van der Waals surface area (Å²) < 4.78 is 30.8. The second kappa shape index (κ2) is 12.0. The number of hydrogen-bond donors (Lipinski definition) is 1. The highest BCUT2D eigenvalue weighted by atomic mass is 35.5. The van der Waals surface area contributed by atoms with Gasteiger partial charge >= 0.3 is 0 Å². The molecule has 188 valence electrons. The van der Waals surface area contributed by atoms with E-state index >= 15 is 0 Å². The Morgan fingerprint density at radius 1 is 1.03 bits per heavy atom. The molecule has 34 heavy (non-hydrogen) atoms. The van der Waals surface area contributed by atoms with Gasteiger partial charge in [-0.3, -0.25) is 14.4 Å². The van der Waals surface area contributed by atoms with E-state index in [1.54, 1.807) is 24.3 Å². The van der Waals surface area contributed by atoms with Crippen molar-refractivity contribution in [2.24, 2.45) is 0 Å². The van der Waals surface area contributed by atoms with Gasteiger partial charge in [-0.1, -0.05) is 32.9 Å². The van der Waals surface area contributed by atoms with E-state index in [9.17, 15) is 13.2 Å². The topological polar surface area (TPSA) is 79.0 Å². The summed E-state index contributed by atoms with van der Waals surface area (Å²) in [6.45, 7) is 11.3. The van der Waals surface area contributed by atoms with Gasteiger partial charge in [0, 0.05) is 43.1 Å². The number of nitrogens with zero attached hydrogens (tertiary/aromatic N) is 2. The lowest BCUT2D eigenvalue weighted by Gasteiger charge is -2.29. The predicted octanol–water partition coefficient (Wildman–Crippen LogP) is 4.15. The molecule has 1 aliphatic heterocycles. The molecule has 0 unspecified atom stereocenters. The van der Waals surface area contributed by atoms with Crippen LogP contribution in [0.25, 0.3) is 0 Å². The van der Waals surface area contributed by atoms with Gasteiger partial charge in [0.2, 0.25) is 10.0 Å². The van der Waals surface area contributed by atoms with Gasteiger partial charge in [-0.2, -0.15) is 0 Å². The van der Waals surface area contributed by atoms with E-state index < -0.39 is 10.0 Å². The van der Waals surface area contributed by atoms with Crippen molar-refractivity contribution in [2.45, 2.75) is 32.6 Å². The smallest absolute Gasteiger partial charge is 0.258 e. The normalized spacial score (nSPS) is 14.8. The standard InChI is InChI=1S/C25H35N3O4S.ClH/c1-25(2,3)21-8-12-23(13-9-21)28(15-5-14-27-16-18-32-19-17-27)24(29)20-6-10-22(11-7-20)26-33(4,30)31;/h6-13,26H,5,14-19H2,1-4H3;1H. The van der Waals surface area contributed by atoms with Crippen molar-refractivity contribution < 1.29 is 17.9 Å². The summed E-state index contributed by atoms with van der Waals surface area (Å²) in [7, 11) is -3.37. The molecule has 0 spiro atoms. The number of morpholine rings is 1. The third kappa shape index (κ3) is 8.27. The van der Waals surface area contributed by atoms with Crippen molar-refractivity contribution in [3.63, 3.8) is 0 Å². The number of amides is 1. The van der Waals surface area contributed by atoms with Gasteiger partial charge in [0.05, 0.1) is 19.5 Å². The Bertz CT molecular complexity index is 1030. The number of nitrogens with one attached hydrogen (secondary N) is 1. The molecule has 0 saturated carbocycles. The zero-order chi connectivity index (χ0) is 24.1. The third-order valence-corrected chi connectivity index (χ3v) is 6.29. The van der Waals surface area contributed by atoms with Gasteiger partial charge in [0.25, 0.3) is 5.91 Å². The largest absolute Gasteiger partial charge is 0.379 e. The summed E-state index contributed by atoms with van der Waals surface area (Å²) in [5.41, 5.74) is 3.05. The maximum atomic E-state index is 13.5. The van der Waals surface area contributed by atoms with E-state index in [0.717, 1.165) is 51.2 Å². The molecule has 0 aliphatic carbocycles. The van der Waals surface area contributed by atoms with E-state index in [0.29, 0.717) is 17.8 Å². The molecule has 3 rings (SSSR count). The summed E-state index contributed by atoms with van der Waals surface area (Å²) in [4.78, 5) is 17.6. The number of carbonyl (C=O) groups excluding carboxylic acids is 1. The lowest BCUT2D eigenvalue weighted by Crippen LogP contribution is -2.39. The van der Waals surface area contributed by atoms with E-state index in [1.165, 1.54) is 5.56 Å². The molecular formula is C25H36ClN3O4S. The zero-order valence-corrected chi connectivity index (χ0v) is 22.0. The highest BCUT2D eigenvalue weighted by Gasteiger charge is 2.20. The monoisotopic (exact) mass is 509 g/mol. The highest BCUT2D eigenvalue weighted by molar-refractivity contribution is 7.92. The van der Waals surface area contributed by atoms with E-state index in [4.69, 9.17) is 4.74 Å². The summed E-state index contributed by atoms with van der Waals surface area (Å²) in [5.74, 6) is -0.105. The molecule has 1 amide bonds. The summed E-state index contributed by atoms with van der Waals surface area (Å²) >= 11 is 0. The number of carbonyl (C=O) groups is 1. The van der Waals surface area contributed by atoms with Crippen molar-refractivity contribution in [3.05, 3.63) is 59.7 Å². The van der Waals surface area contributed by atoms with Crippen molar-refractivity contribution in [2.75, 3.05) is 55.3 Å². The fourth-order valence-corrected chi connectivity index (χ4v) is 4.38. The summed E-state index contributed by atoms with van der Waals surface area (Å²) in [6.07, 6.45) is 1.95. The van der Waals surface area contributed by atoms with E-state index in [-0.39, 0.29) is 23.7 Å². The fourth-order valence-electron chi connectivity index (χ4n) is 3.82. The Hall–Kier alpha value is -2.13. The Labute approximate surface area is 209 Å². The van der Waals surface area contributed by atoms with Crippen molar-refractivity contribution in [1.29, 1.82) is 0 Å². The molecule has 0 atom stereocenters. The predicted molar refractivity (Wildman–Crippen MR) is 141 cm³/mol. The first-order chi connectivity index (χ1) is 15.5. The van der Waals surface area contributed by atoms with Gasteiger partial charge in [0.15, 0.2) is 0 Å². The van der Waals surface area contributed by atoms with E-state index in [2.05, 4.69) is 42.5 Å². The SMILES string of the molecule is CC(C)(C)c1ccc(N(CCCN2CCOCC2)C(=O)c2ccc(NS(C)(=O)=O)cc2)cc1.Cl. The molecule has 1 fully saturated rings. The molecule has 9 heteroatoms. The van der Waals surface area contributed by atoms with Crippen LogP contribution in [0.1, 0.15) is 43.1 Å². The maximum Gasteiger partial charge on any atom is 0.258 e. The van der Waals surface area contributed by atoms with E-state index in [1.807, 2.05) is 17.0 Å². The van der Waals surface area contributed by atoms with Gasteiger partial charge in [0.1, 0.15) is 0 Å². The minimum atomic E-state index is -3.37. The molecule has 0 aromatic heterocycles. The first-order valence-electron chi connectivity index (χ1n) is 11.3. The van der Waals surface area contributed by atoms with Crippen molar-refractivity contribution in [3.8, 4) is 0 Å². The van der Waals surface area contributed by atoms with Crippen LogP contribution >= 0.6 is 12.4 Å². The van der Waals surface area contributed by atoms with Crippen LogP contribution in [-0.2, 0) is 20.2 Å². The molecule has 2 aromatic carbocycles. The number of anilines is 2. The molecule has 1 saturated heterocycles. The second-order valence-electron chi connectivity index (χ2n) is 9.51. The maximum absolute atomic E-state index is 13.5. The highest BCUT2D eigenvalue weighted by Crippen LogP contribution is 2.26. The van der Waals surface area contributed by atoms with Crippen LogP contribution in [0, 0.1) is 0 Å². The summed E-state index contributed by atoms with van der Waals surface area (Å²) in [6, 6.07) is 14.7. The Morgan fingerprint density at radius 2 is 1.62 bits per heavy atom. The van der Waals surface area contributed by atoms with Gasteiger partial charge in [-0.15, -0.1) is 12.4 Å². The zero-order valence-electron chi connectivity index (χ0n) is 20.4. The minimum absolute atomic E-state index is 0. The van der Waals surface area contributed by atoms with Crippen LogP contribution in [0.15, 0.2) is 48.5 Å². The fraction of sp³-hybridized carbons (Fsp3) is 0.480. The Balaban J connectivity index is 0.00000408. The minimum Gasteiger partial charge on any atom is -0.379 e. The number of benzene rings is 2. The average Bonchev–Trinajstić information content (AvgIpc) is 2.76. The third-order valence-electron chi connectivity index (χ3n) is 5.69.